The van der Waals surface area contributed by atoms with Crippen molar-refractivity contribution in [3.8, 4) is 0 Å². The number of hydrogen-bond acceptors (Lipinski definition) is 3. The Labute approximate surface area is 122 Å². The summed E-state index contributed by atoms with van der Waals surface area (Å²) in [6, 6.07) is 0.0902. The molecule has 0 aromatic heterocycles. The number of nitrogens with one attached hydrogen (secondary N) is 1. The standard InChI is InChI=1S/C14H26N2O3S/c1-5-8-12-14(3,4)9-7-10-16(12)13(17)11-15-20(18,19)6-2/h5,12,15H,1,6-11H2,2-4H3/t12-/m1/s1. The van der Waals surface area contributed by atoms with Crippen molar-refractivity contribution < 1.29 is 13.2 Å². The second-order valence-corrected chi connectivity index (χ2v) is 8.04. The quantitative estimate of drug-likeness (QED) is 0.757. The number of amides is 1. The molecule has 1 fully saturated rings. The second-order valence-electron chi connectivity index (χ2n) is 5.94. The second kappa shape index (κ2) is 6.72. The first-order valence-electron chi connectivity index (χ1n) is 7.11. The summed E-state index contributed by atoms with van der Waals surface area (Å²) >= 11 is 0. The minimum absolute atomic E-state index is 0.0120. The lowest BCUT2D eigenvalue weighted by atomic mass is 9.75. The van der Waals surface area contributed by atoms with Gasteiger partial charge in [0.15, 0.2) is 0 Å². The molecule has 116 valence electrons. The molecule has 0 bridgehead atoms. The molecular weight excluding hydrogens is 276 g/mol. The van der Waals surface area contributed by atoms with Crippen LogP contribution in [0.15, 0.2) is 12.7 Å². The smallest absolute Gasteiger partial charge is 0.237 e. The fourth-order valence-corrected chi connectivity index (χ4v) is 3.27. The molecule has 1 aliphatic heterocycles. The van der Waals surface area contributed by atoms with Gasteiger partial charge in [0.05, 0.1) is 12.3 Å². The van der Waals surface area contributed by atoms with Crippen molar-refractivity contribution >= 4 is 15.9 Å². The fraction of sp³-hybridized carbons (Fsp3) is 0.786. The Kier molecular flexibility index (Phi) is 5.77. The molecular formula is C14H26N2O3S. The summed E-state index contributed by atoms with van der Waals surface area (Å²) in [5.41, 5.74) is 0.0335. The van der Waals surface area contributed by atoms with Gasteiger partial charge in [-0.1, -0.05) is 19.9 Å². The first kappa shape index (κ1) is 17.2. The summed E-state index contributed by atoms with van der Waals surface area (Å²) in [4.78, 5) is 14.1. The summed E-state index contributed by atoms with van der Waals surface area (Å²) in [6.07, 6.45) is 4.58. The van der Waals surface area contributed by atoms with E-state index >= 15 is 0 Å². The Hall–Kier alpha value is -0.880. The molecule has 1 amide bonds. The van der Waals surface area contributed by atoms with Crippen molar-refractivity contribution in [1.29, 1.82) is 0 Å². The topological polar surface area (TPSA) is 66.5 Å². The molecule has 0 aromatic carbocycles. The molecule has 0 unspecified atom stereocenters. The molecule has 0 spiro atoms. The van der Waals surface area contributed by atoms with Crippen LogP contribution >= 0.6 is 0 Å². The normalized spacial score (nSPS) is 22.6. The Morgan fingerprint density at radius 3 is 2.70 bits per heavy atom. The molecule has 6 heteroatoms. The average Bonchev–Trinajstić information content (AvgIpc) is 2.38. The number of nitrogens with zero attached hydrogens (tertiary/aromatic N) is 1. The van der Waals surface area contributed by atoms with E-state index in [2.05, 4.69) is 25.1 Å². The number of rotatable bonds is 6. The molecule has 1 saturated heterocycles. The van der Waals surface area contributed by atoms with Crippen LogP contribution in [0.1, 0.15) is 40.0 Å². The van der Waals surface area contributed by atoms with Crippen molar-refractivity contribution in [2.24, 2.45) is 5.41 Å². The number of sulfonamides is 1. The molecule has 0 aliphatic carbocycles. The molecule has 1 heterocycles. The maximum absolute atomic E-state index is 12.3. The van der Waals surface area contributed by atoms with Gasteiger partial charge in [0.1, 0.15) is 0 Å². The highest BCUT2D eigenvalue weighted by molar-refractivity contribution is 7.89. The molecule has 0 aromatic rings. The first-order valence-corrected chi connectivity index (χ1v) is 8.76. The van der Waals surface area contributed by atoms with Crippen LogP contribution in [-0.2, 0) is 14.8 Å². The lowest BCUT2D eigenvalue weighted by Gasteiger charge is -2.46. The van der Waals surface area contributed by atoms with Crippen molar-refractivity contribution in [1.82, 2.24) is 9.62 Å². The van der Waals surface area contributed by atoms with Crippen molar-refractivity contribution in [3.05, 3.63) is 12.7 Å². The zero-order chi connectivity index (χ0) is 15.4. The maximum atomic E-state index is 12.3. The minimum Gasteiger partial charge on any atom is -0.338 e. The molecule has 20 heavy (non-hydrogen) atoms. The Bertz CT molecular complexity index is 457. The van der Waals surface area contributed by atoms with Gasteiger partial charge in [-0.2, -0.15) is 0 Å². The van der Waals surface area contributed by atoms with Crippen LogP contribution < -0.4 is 4.72 Å². The van der Waals surface area contributed by atoms with E-state index in [9.17, 15) is 13.2 Å². The average molecular weight is 302 g/mol. The first-order chi connectivity index (χ1) is 9.23. The van der Waals surface area contributed by atoms with Crippen LogP contribution in [-0.4, -0.2) is 44.1 Å². The van der Waals surface area contributed by atoms with Gasteiger partial charge in [-0.05, 0) is 31.6 Å². The van der Waals surface area contributed by atoms with E-state index in [-0.39, 0.29) is 29.7 Å². The van der Waals surface area contributed by atoms with Crippen LogP contribution in [0.2, 0.25) is 0 Å². The van der Waals surface area contributed by atoms with Crippen molar-refractivity contribution in [3.63, 3.8) is 0 Å². The Morgan fingerprint density at radius 2 is 2.15 bits per heavy atom. The Balaban J connectivity index is 2.76. The summed E-state index contributed by atoms with van der Waals surface area (Å²) < 4.78 is 25.2. The number of piperidine rings is 1. The molecule has 1 atom stereocenters. The summed E-state index contributed by atoms with van der Waals surface area (Å²) in [5.74, 6) is -0.163. The van der Waals surface area contributed by atoms with E-state index in [0.29, 0.717) is 6.54 Å². The molecule has 0 saturated carbocycles. The van der Waals surface area contributed by atoms with Crippen LogP contribution in [0, 0.1) is 5.41 Å². The van der Waals surface area contributed by atoms with Crippen LogP contribution in [0.25, 0.3) is 0 Å². The van der Waals surface area contributed by atoms with Gasteiger partial charge in [-0.25, -0.2) is 13.1 Å². The lowest BCUT2D eigenvalue weighted by molar-refractivity contribution is -0.137. The summed E-state index contributed by atoms with van der Waals surface area (Å²) in [6.45, 7) is 10.2. The van der Waals surface area contributed by atoms with E-state index in [1.807, 2.05) is 11.0 Å². The summed E-state index contributed by atoms with van der Waals surface area (Å²) in [7, 11) is -3.33. The molecule has 5 nitrogen and oxygen atoms in total. The summed E-state index contributed by atoms with van der Waals surface area (Å²) in [5, 5.41) is 0. The minimum atomic E-state index is -3.33. The SMILES string of the molecule is C=CC[C@H]1N(C(=O)CNS(=O)(=O)CC)CCCC1(C)C. The maximum Gasteiger partial charge on any atom is 0.237 e. The van der Waals surface area contributed by atoms with E-state index in [1.54, 1.807) is 6.92 Å². The lowest BCUT2D eigenvalue weighted by Crippen LogP contribution is -2.54. The van der Waals surface area contributed by atoms with Crippen LogP contribution in [0.4, 0.5) is 0 Å². The Morgan fingerprint density at radius 1 is 1.50 bits per heavy atom. The third-order valence-corrected chi connectivity index (χ3v) is 5.38. The van der Waals surface area contributed by atoms with Crippen LogP contribution in [0.3, 0.4) is 0 Å². The van der Waals surface area contributed by atoms with Gasteiger partial charge in [-0.15, -0.1) is 6.58 Å². The van der Waals surface area contributed by atoms with Gasteiger partial charge in [0.2, 0.25) is 15.9 Å². The molecule has 0 radical (unpaired) electrons. The van der Waals surface area contributed by atoms with E-state index < -0.39 is 10.0 Å². The van der Waals surface area contributed by atoms with Crippen molar-refractivity contribution in [2.45, 2.75) is 46.1 Å². The van der Waals surface area contributed by atoms with Gasteiger partial charge in [0.25, 0.3) is 0 Å². The van der Waals surface area contributed by atoms with E-state index in [4.69, 9.17) is 0 Å². The van der Waals surface area contributed by atoms with Gasteiger partial charge >= 0.3 is 0 Å². The monoisotopic (exact) mass is 302 g/mol. The predicted molar refractivity (Wildman–Crippen MR) is 80.8 cm³/mol. The predicted octanol–water partition coefficient (Wildman–Crippen LogP) is 1.52. The highest BCUT2D eigenvalue weighted by Crippen LogP contribution is 2.36. The number of carbonyl (C=O) groups is 1. The molecule has 1 N–H and O–H groups in total. The molecule has 1 aliphatic rings. The zero-order valence-electron chi connectivity index (χ0n) is 12.7. The van der Waals surface area contributed by atoms with Crippen molar-refractivity contribution in [2.75, 3.05) is 18.8 Å². The van der Waals surface area contributed by atoms with Gasteiger partial charge in [0, 0.05) is 12.6 Å². The highest BCUT2D eigenvalue weighted by atomic mass is 32.2. The van der Waals surface area contributed by atoms with Gasteiger partial charge in [-0.3, -0.25) is 4.79 Å². The highest BCUT2D eigenvalue weighted by Gasteiger charge is 2.38. The number of hydrogen-bond donors (Lipinski definition) is 1. The number of carbonyl (C=O) groups excluding carboxylic acids is 1. The van der Waals surface area contributed by atoms with E-state index in [0.717, 1.165) is 19.3 Å². The molecule has 1 rings (SSSR count). The number of likely N-dealkylation sites (tertiary alicyclic amines) is 1. The fourth-order valence-electron chi connectivity index (χ4n) is 2.73. The van der Waals surface area contributed by atoms with Gasteiger partial charge < -0.3 is 4.90 Å². The third-order valence-electron chi connectivity index (χ3n) is 4.03. The largest absolute Gasteiger partial charge is 0.338 e. The van der Waals surface area contributed by atoms with E-state index in [1.165, 1.54) is 0 Å². The van der Waals surface area contributed by atoms with Crippen LogP contribution in [0.5, 0.6) is 0 Å². The zero-order valence-corrected chi connectivity index (χ0v) is 13.5. The third kappa shape index (κ3) is 4.31.